The molecule has 0 bridgehead atoms. The van der Waals surface area contributed by atoms with E-state index in [4.69, 9.17) is 16.3 Å². The molecular formula is C13H12ClNOS. The molecule has 2 aromatic rings. The van der Waals surface area contributed by atoms with E-state index in [1.54, 1.807) is 31.3 Å². The number of benzene rings is 1. The minimum Gasteiger partial charge on any atom is -0.496 e. The molecular weight excluding hydrogens is 254 g/mol. The molecule has 0 amide bonds. The lowest BCUT2D eigenvalue weighted by molar-refractivity contribution is 0.405. The molecule has 0 saturated heterocycles. The highest BCUT2D eigenvalue weighted by atomic mass is 35.5. The number of rotatable bonds is 4. The summed E-state index contributed by atoms with van der Waals surface area (Å²) in [5, 5.41) is 0.704. The van der Waals surface area contributed by atoms with E-state index >= 15 is 0 Å². The zero-order valence-corrected chi connectivity index (χ0v) is 11.0. The molecule has 1 aromatic heterocycles. The van der Waals surface area contributed by atoms with Crippen molar-refractivity contribution in [3.05, 3.63) is 53.3 Å². The van der Waals surface area contributed by atoms with Crippen LogP contribution in [0, 0.1) is 0 Å². The number of nitrogens with zero attached hydrogens (tertiary/aromatic N) is 1. The van der Waals surface area contributed by atoms with Gasteiger partial charge in [0.1, 0.15) is 5.75 Å². The van der Waals surface area contributed by atoms with Crippen LogP contribution in [0.2, 0.25) is 5.02 Å². The van der Waals surface area contributed by atoms with Crippen LogP contribution in [-0.2, 0) is 5.75 Å². The third kappa shape index (κ3) is 3.14. The summed E-state index contributed by atoms with van der Waals surface area (Å²) in [6, 6.07) is 9.89. The molecule has 0 N–H and O–H groups in total. The number of aromatic nitrogens is 1. The molecule has 1 aromatic carbocycles. The summed E-state index contributed by atoms with van der Waals surface area (Å²) in [5.41, 5.74) is 1.08. The summed E-state index contributed by atoms with van der Waals surface area (Å²) in [4.78, 5) is 5.08. The van der Waals surface area contributed by atoms with Gasteiger partial charge >= 0.3 is 0 Å². The Morgan fingerprint density at radius 2 is 2.12 bits per heavy atom. The Balaban J connectivity index is 2.10. The van der Waals surface area contributed by atoms with Crippen molar-refractivity contribution in [2.24, 2.45) is 0 Å². The summed E-state index contributed by atoms with van der Waals surface area (Å²) in [7, 11) is 1.68. The van der Waals surface area contributed by atoms with E-state index in [2.05, 4.69) is 4.98 Å². The van der Waals surface area contributed by atoms with Crippen molar-refractivity contribution in [2.75, 3.05) is 7.11 Å². The molecule has 1 heterocycles. The van der Waals surface area contributed by atoms with E-state index < -0.39 is 0 Å². The molecule has 0 fully saturated rings. The lowest BCUT2D eigenvalue weighted by Crippen LogP contribution is -1.87. The lowest BCUT2D eigenvalue weighted by atomic mass is 10.3. The van der Waals surface area contributed by atoms with Gasteiger partial charge in [-0.05, 0) is 23.8 Å². The van der Waals surface area contributed by atoms with Crippen molar-refractivity contribution in [3.8, 4) is 5.75 Å². The third-order valence-electron chi connectivity index (χ3n) is 2.31. The molecule has 88 valence electrons. The first kappa shape index (κ1) is 12.3. The van der Waals surface area contributed by atoms with E-state index in [0.29, 0.717) is 5.02 Å². The minimum atomic E-state index is 0.704. The average molecular weight is 266 g/mol. The molecule has 0 aliphatic carbocycles. The van der Waals surface area contributed by atoms with Crippen LogP contribution in [0.25, 0.3) is 0 Å². The first-order valence-electron chi connectivity index (χ1n) is 5.15. The number of hydrogen-bond donors (Lipinski definition) is 0. The standard InChI is InChI=1S/C13H12ClNOS/c1-16-12-4-2-3-5-13(12)17-9-10-6-7-15-8-11(10)14/h2-8H,9H2,1H3. The normalized spacial score (nSPS) is 10.2. The lowest BCUT2D eigenvalue weighted by Gasteiger charge is -2.08. The van der Waals surface area contributed by atoms with Gasteiger partial charge in [0.25, 0.3) is 0 Å². The number of halogens is 1. The Morgan fingerprint density at radius 1 is 1.29 bits per heavy atom. The van der Waals surface area contributed by atoms with E-state index in [0.717, 1.165) is 22.0 Å². The van der Waals surface area contributed by atoms with Gasteiger partial charge in [-0.15, -0.1) is 11.8 Å². The summed E-state index contributed by atoms with van der Waals surface area (Å²) in [6.07, 6.45) is 3.42. The number of thioether (sulfide) groups is 1. The van der Waals surface area contributed by atoms with Gasteiger partial charge in [-0.2, -0.15) is 0 Å². The zero-order chi connectivity index (χ0) is 12.1. The summed E-state index contributed by atoms with van der Waals surface area (Å²) >= 11 is 7.76. The van der Waals surface area contributed by atoms with Crippen molar-refractivity contribution in [3.63, 3.8) is 0 Å². The Morgan fingerprint density at radius 3 is 2.88 bits per heavy atom. The molecule has 0 atom stereocenters. The van der Waals surface area contributed by atoms with Gasteiger partial charge in [-0.1, -0.05) is 23.7 Å². The summed E-state index contributed by atoms with van der Waals surface area (Å²) < 4.78 is 5.30. The highest BCUT2D eigenvalue weighted by molar-refractivity contribution is 7.98. The summed E-state index contributed by atoms with van der Waals surface area (Å²) in [6.45, 7) is 0. The topological polar surface area (TPSA) is 22.1 Å². The molecule has 2 nitrogen and oxygen atoms in total. The van der Waals surface area contributed by atoms with Gasteiger partial charge < -0.3 is 4.74 Å². The fourth-order valence-corrected chi connectivity index (χ4v) is 2.71. The quantitative estimate of drug-likeness (QED) is 0.779. The molecule has 0 radical (unpaired) electrons. The van der Waals surface area contributed by atoms with Gasteiger partial charge in [0.05, 0.1) is 12.1 Å². The van der Waals surface area contributed by atoms with Crippen LogP contribution in [0.15, 0.2) is 47.6 Å². The van der Waals surface area contributed by atoms with Crippen molar-refractivity contribution in [1.29, 1.82) is 0 Å². The van der Waals surface area contributed by atoms with Crippen LogP contribution >= 0.6 is 23.4 Å². The van der Waals surface area contributed by atoms with Crippen LogP contribution in [0.1, 0.15) is 5.56 Å². The predicted molar refractivity (Wildman–Crippen MR) is 71.8 cm³/mol. The Labute approximate surface area is 110 Å². The molecule has 0 aliphatic rings. The molecule has 0 spiro atoms. The van der Waals surface area contributed by atoms with E-state index in [1.807, 2.05) is 30.3 Å². The first-order valence-corrected chi connectivity index (χ1v) is 6.52. The van der Waals surface area contributed by atoms with E-state index in [-0.39, 0.29) is 0 Å². The van der Waals surface area contributed by atoms with Crippen LogP contribution in [0.4, 0.5) is 0 Å². The first-order chi connectivity index (χ1) is 8.31. The fraction of sp³-hybridized carbons (Fsp3) is 0.154. The Kier molecular flexibility index (Phi) is 4.29. The van der Waals surface area contributed by atoms with Crippen molar-refractivity contribution < 1.29 is 4.74 Å². The SMILES string of the molecule is COc1ccccc1SCc1ccncc1Cl. The molecule has 0 saturated carbocycles. The maximum Gasteiger partial charge on any atom is 0.132 e. The van der Waals surface area contributed by atoms with Crippen molar-refractivity contribution >= 4 is 23.4 Å². The third-order valence-corrected chi connectivity index (χ3v) is 3.75. The number of methoxy groups -OCH3 is 1. The van der Waals surface area contributed by atoms with Gasteiger partial charge in [-0.25, -0.2) is 0 Å². The minimum absolute atomic E-state index is 0.704. The molecule has 0 aliphatic heterocycles. The van der Waals surface area contributed by atoms with Crippen LogP contribution in [0.5, 0.6) is 5.75 Å². The molecule has 0 unspecified atom stereocenters. The second-order valence-electron chi connectivity index (χ2n) is 3.41. The van der Waals surface area contributed by atoms with E-state index in [1.165, 1.54) is 0 Å². The molecule has 2 rings (SSSR count). The van der Waals surface area contributed by atoms with Gasteiger partial charge in [0.15, 0.2) is 0 Å². The predicted octanol–water partition coefficient (Wildman–Crippen LogP) is 4.04. The number of hydrogen-bond acceptors (Lipinski definition) is 3. The monoisotopic (exact) mass is 265 g/mol. The second kappa shape index (κ2) is 5.94. The van der Waals surface area contributed by atoms with Gasteiger partial charge in [-0.3, -0.25) is 4.98 Å². The van der Waals surface area contributed by atoms with Gasteiger partial charge in [0.2, 0.25) is 0 Å². The Hall–Kier alpha value is -1.19. The maximum absolute atomic E-state index is 6.06. The van der Waals surface area contributed by atoms with Crippen molar-refractivity contribution in [1.82, 2.24) is 4.98 Å². The largest absolute Gasteiger partial charge is 0.496 e. The summed E-state index contributed by atoms with van der Waals surface area (Å²) in [5.74, 6) is 1.70. The number of ether oxygens (including phenoxy) is 1. The van der Waals surface area contributed by atoms with E-state index in [9.17, 15) is 0 Å². The average Bonchev–Trinajstić information content (AvgIpc) is 2.38. The smallest absolute Gasteiger partial charge is 0.132 e. The zero-order valence-electron chi connectivity index (χ0n) is 9.39. The van der Waals surface area contributed by atoms with Crippen LogP contribution < -0.4 is 4.74 Å². The maximum atomic E-state index is 6.06. The number of para-hydroxylation sites is 1. The molecule has 4 heteroatoms. The highest BCUT2D eigenvalue weighted by Crippen LogP contribution is 2.32. The second-order valence-corrected chi connectivity index (χ2v) is 4.83. The van der Waals surface area contributed by atoms with Crippen LogP contribution in [0.3, 0.4) is 0 Å². The highest BCUT2D eigenvalue weighted by Gasteiger charge is 2.04. The van der Waals surface area contributed by atoms with Crippen molar-refractivity contribution in [2.45, 2.75) is 10.6 Å². The molecule has 17 heavy (non-hydrogen) atoms. The fourth-order valence-electron chi connectivity index (χ4n) is 1.41. The Bertz CT molecular complexity index is 504. The number of pyridine rings is 1. The van der Waals surface area contributed by atoms with Crippen LogP contribution in [-0.4, -0.2) is 12.1 Å². The van der Waals surface area contributed by atoms with Gasteiger partial charge in [0, 0.05) is 23.0 Å².